The van der Waals surface area contributed by atoms with E-state index in [1.165, 1.54) is 0 Å². The molecule has 0 radical (unpaired) electrons. The number of hydrogen-bond donors (Lipinski definition) is 3. The molecule has 1 aromatic heterocycles. The first-order chi connectivity index (χ1) is 10.5. The molecule has 0 fully saturated rings. The number of rotatable bonds is 3. The Kier molecular flexibility index (Phi) is 3.58. The van der Waals surface area contributed by atoms with E-state index < -0.39 is 0 Å². The third-order valence-electron chi connectivity index (χ3n) is 3.68. The molecule has 3 rings (SSSR count). The second kappa shape index (κ2) is 5.55. The maximum atomic E-state index is 12.3. The average molecular weight is 298 g/mol. The molecule has 1 aromatic carbocycles. The molecule has 0 saturated heterocycles. The number of amides is 1. The minimum Gasteiger partial charge on any atom is -0.508 e. The van der Waals surface area contributed by atoms with Gasteiger partial charge in [0.05, 0.1) is 11.9 Å². The van der Waals surface area contributed by atoms with Crippen molar-refractivity contribution in [2.45, 2.75) is 12.5 Å². The molecule has 1 amide bonds. The molecule has 1 unspecified atom stereocenters. The minimum absolute atomic E-state index is 0.138. The molecule has 6 nitrogen and oxygen atoms in total. The molecule has 6 heteroatoms. The number of fused-ring (bicyclic) bond motifs is 1. The highest BCUT2D eigenvalue weighted by atomic mass is 16.3. The van der Waals surface area contributed by atoms with Gasteiger partial charge in [0.25, 0.3) is 0 Å². The van der Waals surface area contributed by atoms with Gasteiger partial charge < -0.3 is 20.6 Å². The number of anilines is 3. The van der Waals surface area contributed by atoms with Gasteiger partial charge in [-0.1, -0.05) is 6.07 Å². The number of aromatic nitrogens is 1. The molecule has 114 valence electrons. The molecule has 2 heterocycles. The summed E-state index contributed by atoms with van der Waals surface area (Å²) in [6.07, 6.45) is 2.31. The summed E-state index contributed by atoms with van der Waals surface area (Å²) in [4.78, 5) is 18.5. The average Bonchev–Trinajstić information content (AvgIpc) is 2.91. The van der Waals surface area contributed by atoms with Crippen LogP contribution in [-0.2, 0) is 11.2 Å². The van der Waals surface area contributed by atoms with E-state index in [1.54, 1.807) is 24.4 Å². The smallest absolute Gasteiger partial charge is 0.248 e. The van der Waals surface area contributed by atoms with Gasteiger partial charge >= 0.3 is 0 Å². The number of carbonyl (C=O) groups excluding carboxylic acids is 1. The first kappa shape index (κ1) is 14.2. The van der Waals surface area contributed by atoms with Crippen LogP contribution in [0.15, 0.2) is 36.5 Å². The van der Waals surface area contributed by atoms with Crippen molar-refractivity contribution in [1.29, 1.82) is 0 Å². The van der Waals surface area contributed by atoms with Crippen LogP contribution in [-0.4, -0.2) is 36.1 Å². The van der Waals surface area contributed by atoms with Crippen LogP contribution in [0, 0.1) is 0 Å². The van der Waals surface area contributed by atoms with E-state index in [0.717, 1.165) is 16.9 Å². The Morgan fingerprint density at radius 2 is 2.18 bits per heavy atom. The fourth-order valence-corrected chi connectivity index (χ4v) is 2.43. The third kappa shape index (κ3) is 2.81. The Labute approximate surface area is 128 Å². The SMILES string of the molecule is CN(C)c1ccc(NC(=O)C2Cc3ccc(O)cc3N2)nc1. The molecule has 1 aliphatic rings. The summed E-state index contributed by atoms with van der Waals surface area (Å²) >= 11 is 0. The number of nitrogens with zero attached hydrogens (tertiary/aromatic N) is 2. The molecule has 22 heavy (non-hydrogen) atoms. The number of carbonyl (C=O) groups is 1. The fourth-order valence-electron chi connectivity index (χ4n) is 2.43. The van der Waals surface area contributed by atoms with E-state index in [9.17, 15) is 9.90 Å². The summed E-state index contributed by atoms with van der Waals surface area (Å²) in [5, 5.41) is 15.4. The highest BCUT2D eigenvalue weighted by Gasteiger charge is 2.27. The Morgan fingerprint density at radius 3 is 2.86 bits per heavy atom. The molecule has 0 aliphatic carbocycles. The lowest BCUT2D eigenvalue weighted by Gasteiger charge is -2.14. The maximum Gasteiger partial charge on any atom is 0.248 e. The van der Waals surface area contributed by atoms with Crippen molar-refractivity contribution in [3.63, 3.8) is 0 Å². The summed E-state index contributed by atoms with van der Waals surface area (Å²) in [6.45, 7) is 0. The van der Waals surface area contributed by atoms with Crippen molar-refractivity contribution in [2.75, 3.05) is 29.6 Å². The zero-order valence-electron chi connectivity index (χ0n) is 12.5. The van der Waals surface area contributed by atoms with Crippen LogP contribution in [0.2, 0.25) is 0 Å². The van der Waals surface area contributed by atoms with Gasteiger partial charge in [-0.25, -0.2) is 4.98 Å². The van der Waals surface area contributed by atoms with Crippen LogP contribution in [0.4, 0.5) is 17.2 Å². The first-order valence-electron chi connectivity index (χ1n) is 7.05. The lowest BCUT2D eigenvalue weighted by atomic mass is 10.1. The summed E-state index contributed by atoms with van der Waals surface area (Å²) in [7, 11) is 3.87. The summed E-state index contributed by atoms with van der Waals surface area (Å²) in [5.74, 6) is 0.574. The molecular weight excluding hydrogens is 280 g/mol. The summed E-state index contributed by atoms with van der Waals surface area (Å²) < 4.78 is 0. The quantitative estimate of drug-likeness (QED) is 0.806. The number of phenolic OH excluding ortho intramolecular Hbond substituents is 1. The van der Waals surface area contributed by atoms with Crippen molar-refractivity contribution in [2.24, 2.45) is 0 Å². The topological polar surface area (TPSA) is 77.5 Å². The van der Waals surface area contributed by atoms with E-state index in [2.05, 4.69) is 15.6 Å². The predicted octanol–water partition coefficient (Wildman–Crippen LogP) is 1.83. The number of aromatic hydroxyl groups is 1. The van der Waals surface area contributed by atoms with Crippen molar-refractivity contribution in [3.05, 3.63) is 42.1 Å². The second-order valence-corrected chi connectivity index (χ2v) is 5.53. The van der Waals surface area contributed by atoms with E-state index >= 15 is 0 Å². The van der Waals surface area contributed by atoms with Crippen molar-refractivity contribution >= 4 is 23.1 Å². The van der Waals surface area contributed by atoms with E-state index in [4.69, 9.17) is 0 Å². The Morgan fingerprint density at radius 1 is 1.36 bits per heavy atom. The lowest BCUT2D eigenvalue weighted by molar-refractivity contribution is -0.116. The lowest BCUT2D eigenvalue weighted by Crippen LogP contribution is -2.33. The molecular formula is C16H18N4O2. The van der Waals surface area contributed by atoms with Crippen molar-refractivity contribution in [3.8, 4) is 5.75 Å². The van der Waals surface area contributed by atoms with Gasteiger partial charge in [0.2, 0.25) is 5.91 Å². The van der Waals surface area contributed by atoms with Crippen LogP contribution < -0.4 is 15.5 Å². The fraction of sp³-hybridized carbons (Fsp3) is 0.250. The standard InChI is InChI=1S/C16H18N4O2/c1-20(2)11-4-6-15(17-9-11)19-16(22)14-7-10-3-5-12(21)8-13(10)18-14/h3-6,8-9,14,18,21H,7H2,1-2H3,(H,17,19,22). The maximum absolute atomic E-state index is 12.3. The van der Waals surface area contributed by atoms with E-state index in [1.807, 2.05) is 31.1 Å². The van der Waals surface area contributed by atoms with Crippen molar-refractivity contribution in [1.82, 2.24) is 4.98 Å². The van der Waals surface area contributed by atoms with E-state index in [0.29, 0.717) is 12.2 Å². The number of hydrogen-bond acceptors (Lipinski definition) is 5. The highest BCUT2D eigenvalue weighted by molar-refractivity contribution is 5.97. The molecule has 0 spiro atoms. The van der Waals surface area contributed by atoms with Crippen LogP contribution in [0.25, 0.3) is 0 Å². The van der Waals surface area contributed by atoms with E-state index in [-0.39, 0.29) is 17.7 Å². The number of benzene rings is 1. The molecule has 1 aliphatic heterocycles. The Hall–Kier alpha value is -2.76. The second-order valence-electron chi connectivity index (χ2n) is 5.53. The highest BCUT2D eigenvalue weighted by Crippen LogP contribution is 2.29. The normalized spacial score (nSPS) is 15.8. The summed E-state index contributed by atoms with van der Waals surface area (Å²) in [6, 6.07) is 8.41. The van der Waals surface area contributed by atoms with Gasteiger partial charge in [-0.3, -0.25) is 4.79 Å². The van der Waals surface area contributed by atoms with Gasteiger partial charge in [-0.2, -0.15) is 0 Å². The third-order valence-corrected chi connectivity index (χ3v) is 3.68. The van der Waals surface area contributed by atoms with Crippen LogP contribution in [0.5, 0.6) is 5.75 Å². The predicted molar refractivity (Wildman–Crippen MR) is 86.4 cm³/mol. The van der Waals surface area contributed by atoms with Gasteiger partial charge in [-0.15, -0.1) is 0 Å². The van der Waals surface area contributed by atoms with Gasteiger partial charge in [0, 0.05) is 32.3 Å². The van der Waals surface area contributed by atoms with Crippen LogP contribution in [0.1, 0.15) is 5.56 Å². The largest absolute Gasteiger partial charge is 0.508 e. The van der Waals surface area contributed by atoms with Gasteiger partial charge in [0.1, 0.15) is 17.6 Å². The number of pyridine rings is 1. The Bertz CT molecular complexity index is 698. The first-order valence-corrected chi connectivity index (χ1v) is 7.05. The van der Waals surface area contributed by atoms with Gasteiger partial charge in [0.15, 0.2) is 0 Å². The zero-order chi connectivity index (χ0) is 15.7. The number of phenols is 1. The molecule has 0 bridgehead atoms. The monoisotopic (exact) mass is 298 g/mol. The summed E-state index contributed by atoms with van der Waals surface area (Å²) in [5.41, 5.74) is 2.80. The zero-order valence-corrected chi connectivity index (χ0v) is 12.5. The molecule has 1 atom stereocenters. The molecule has 0 saturated carbocycles. The molecule has 2 aromatic rings. The van der Waals surface area contributed by atoms with Crippen molar-refractivity contribution < 1.29 is 9.90 Å². The Balaban J connectivity index is 1.66. The van der Waals surface area contributed by atoms with Gasteiger partial charge in [-0.05, 0) is 23.8 Å². The molecule has 3 N–H and O–H groups in total. The minimum atomic E-state index is -0.355. The van der Waals surface area contributed by atoms with Crippen LogP contribution in [0.3, 0.4) is 0 Å². The van der Waals surface area contributed by atoms with Crippen LogP contribution >= 0.6 is 0 Å². The number of nitrogens with one attached hydrogen (secondary N) is 2.